The Balaban J connectivity index is 1.37. The molecule has 0 aliphatic carbocycles. The van der Waals surface area contributed by atoms with Gasteiger partial charge in [0.1, 0.15) is 17.6 Å². The Morgan fingerprint density at radius 1 is 0.889 bits per heavy atom. The monoisotopic (exact) mass is 363 g/mol. The molecule has 2 aliphatic heterocycles. The highest BCUT2D eigenvalue weighted by Crippen LogP contribution is 2.34. The number of rotatable bonds is 3. The van der Waals surface area contributed by atoms with Crippen LogP contribution in [0, 0.1) is 0 Å². The van der Waals surface area contributed by atoms with Crippen LogP contribution in [0.3, 0.4) is 0 Å². The molecule has 0 saturated carbocycles. The molecule has 6 heteroatoms. The van der Waals surface area contributed by atoms with E-state index >= 15 is 0 Å². The van der Waals surface area contributed by atoms with Gasteiger partial charge in [0.25, 0.3) is 0 Å². The second-order valence-electron chi connectivity index (χ2n) is 7.51. The Morgan fingerprint density at radius 3 is 2.44 bits per heavy atom. The van der Waals surface area contributed by atoms with Crippen molar-refractivity contribution in [1.29, 1.82) is 0 Å². The highest BCUT2D eigenvalue weighted by Gasteiger charge is 2.34. The summed E-state index contributed by atoms with van der Waals surface area (Å²) in [5.74, 6) is 0.795. The first-order chi connectivity index (χ1) is 13.1. The van der Waals surface area contributed by atoms with E-state index in [4.69, 9.17) is 4.74 Å². The molecule has 0 amide bonds. The Kier molecular flexibility index (Phi) is 3.86. The van der Waals surface area contributed by atoms with Crippen LogP contribution in [0.15, 0.2) is 42.5 Å². The maximum atomic E-state index is 10.4. The minimum absolute atomic E-state index is 0.103. The second kappa shape index (κ2) is 6.39. The van der Waals surface area contributed by atoms with Crippen LogP contribution in [0.4, 0.5) is 0 Å². The third-order valence-electron chi connectivity index (χ3n) is 5.57. The van der Waals surface area contributed by atoms with Gasteiger partial charge in [-0.05, 0) is 66.8 Å². The molecular weight excluding hydrogens is 342 g/mol. The van der Waals surface area contributed by atoms with Gasteiger partial charge in [-0.1, -0.05) is 6.07 Å². The molecular formula is C21H21N3O3. The van der Waals surface area contributed by atoms with Crippen LogP contribution in [0.5, 0.6) is 17.4 Å². The van der Waals surface area contributed by atoms with Gasteiger partial charge in [0.15, 0.2) is 0 Å². The van der Waals surface area contributed by atoms with E-state index in [0.717, 1.165) is 23.6 Å². The molecule has 2 aromatic carbocycles. The lowest BCUT2D eigenvalue weighted by Gasteiger charge is -2.28. The van der Waals surface area contributed by atoms with Crippen LogP contribution >= 0.6 is 0 Å². The number of ether oxygens (including phenoxy) is 1. The van der Waals surface area contributed by atoms with Gasteiger partial charge in [-0.25, -0.2) is 0 Å². The standard InChI is InChI=1S/C21H21N3O3/c25-16-4-1-12-8-18(20(26)9-13(12)7-16)19-5-6-21(24-23-19)27-17-10-14-2-3-15(11-17)22-14/h1,4-9,14-15,17,22,25-26H,2-3,10-11H2/t14-,15?,17-/m0/s1. The summed E-state index contributed by atoms with van der Waals surface area (Å²) in [5, 5.41) is 33.7. The molecule has 6 nitrogen and oxygen atoms in total. The van der Waals surface area contributed by atoms with Gasteiger partial charge < -0.3 is 20.3 Å². The zero-order chi connectivity index (χ0) is 18.4. The van der Waals surface area contributed by atoms with Gasteiger partial charge >= 0.3 is 0 Å². The maximum absolute atomic E-state index is 10.4. The number of aromatic hydroxyl groups is 2. The SMILES string of the molecule is Oc1ccc2cc(-c3ccc(O[C@@H]4CC5CC[C@@H](C4)N5)nn3)c(O)cc2c1. The molecule has 3 heterocycles. The Labute approximate surface area is 156 Å². The molecule has 2 bridgehead atoms. The lowest BCUT2D eigenvalue weighted by molar-refractivity contribution is 0.130. The average molecular weight is 363 g/mol. The molecule has 0 radical (unpaired) electrons. The lowest BCUT2D eigenvalue weighted by atomic mass is 10.0. The Bertz CT molecular complexity index is 978. The van der Waals surface area contributed by atoms with Crippen molar-refractivity contribution < 1.29 is 14.9 Å². The number of fused-ring (bicyclic) bond motifs is 3. The van der Waals surface area contributed by atoms with E-state index in [0.29, 0.717) is 29.2 Å². The molecule has 2 saturated heterocycles. The van der Waals surface area contributed by atoms with Gasteiger partial charge in [-0.15, -0.1) is 10.2 Å². The number of hydrogen-bond acceptors (Lipinski definition) is 6. The van der Waals surface area contributed by atoms with E-state index in [9.17, 15) is 10.2 Å². The highest BCUT2D eigenvalue weighted by molar-refractivity contribution is 5.90. The van der Waals surface area contributed by atoms with Gasteiger partial charge in [0.2, 0.25) is 5.88 Å². The third-order valence-corrected chi connectivity index (χ3v) is 5.57. The van der Waals surface area contributed by atoms with Crippen molar-refractivity contribution in [3.63, 3.8) is 0 Å². The van der Waals surface area contributed by atoms with E-state index in [1.807, 2.05) is 24.3 Å². The molecule has 3 atom stereocenters. The lowest BCUT2D eigenvalue weighted by Crippen LogP contribution is -2.42. The quantitative estimate of drug-likeness (QED) is 0.661. The average Bonchev–Trinajstić information content (AvgIpc) is 3.00. The number of benzene rings is 2. The minimum Gasteiger partial charge on any atom is -0.508 e. The van der Waals surface area contributed by atoms with Crippen molar-refractivity contribution in [1.82, 2.24) is 15.5 Å². The summed E-state index contributed by atoms with van der Waals surface area (Å²) in [6, 6.07) is 13.3. The summed E-state index contributed by atoms with van der Waals surface area (Å²) < 4.78 is 6.04. The highest BCUT2D eigenvalue weighted by atomic mass is 16.5. The molecule has 5 rings (SSSR count). The molecule has 3 aromatic rings. The molecule has 0 spiro atoms. The normalized spacial score (nSPS) is 24.2. The van der Waals surface area contributed by atoms with Crippen LogP contribution in [-0.2, 0) is 0 Å². The number of nitrogens with zero attached hydrogens (tertiary/aromatic N) is 2. The van der Waals surface area contributed by atoms with Crippen LogP contribution < -0.4 is 10.1 Å². The zero-order valence-electron chi connectivity index (χ0n) is 14.8. The summed E-state index contributed by atoms with van der Waals surface area (Å²) in [6.45, 7) is 0. The molecule has 1 unspecified atom stereocenters. The molecule has 2 aliphatic rings. The van der Waals surface area contributed by atoms with Crippen molar-refractivity contribution in [2.24, 2.45) is 0 Å². The molecule has 3 N–H and O–H groups in total. The van der Waals surface area contributed by atoms with Crippen molar-refractivity contribution in [2.45, 2.75) is 43.9 Å². The zero-order valence-corrected chi connectivity index (χ0v) is 14.8. The number of nitrogens with one attached hydrogen (secondary N) is 1. The first-order valence-electron chi connectivity index (χ1n) is 9.36. The summed E-state index contributed by atoms with van der Waals surface area (Å²) in [5.41, 5.74) is 1.19. The van der Waals surface area contributed by atoms with E-state index in [1.54, 1.807) is 18.2 Å². The number of phenols is 2. The first kappa shape index (κ1) is 16.3. The van der Waals surface area contributed by atoms with Crippen LogP contribution in [0.2, 0.25) is 0 Å². The van der Waals surface area contributed by atoms with Gasteiger partial charge in [0.05, 0.1) is 5.69 Å². The van der Waals surface area contributed by atoms with Gasteiger partial charge in [-0.2, -0.15) is 0 Å². The fraction of sp³-hybridized carbons (Fsp3) is 0.333. The number of aromatic nitrogens is 2. The van der Waals surface area contributed by atoms with Crippen molar-refractivity contribution in [3.05, 3.63) is 42.5 Å². The third kappa shape index (κ3) is 3.17. The van der Waals surface area contributed by atoms with Crippen molar-refractivity contribution >= 4 is 10.8 Å². The fourth-order valence-electron chi connectivity index (χ4n) is 4.28. The maximum Gasteiger partial charge on any atom is 0.233 e. The largest absolute Gasteiger partial charge is 0.508 e. The number of phenolic OH excluding ortho intramolecular Hbond substituents is 2. The first-order valence-corrected chi connectivity index (χ1v) is 9.36. The summed E-state index contributed by atoms with van der Waals surface area (Å²) in [6.07, 6.45) is 4.67. The number of hydrogen-bond donors (Lipinski definition) is 3. The summed E-state index contributed by atoms with van der Waals surface area (Å²) in [7, 11) is 0. The predicted octanol–water partition coefficient (Wildman–Crippen LogP) is 3.37. The number of piperidine rings is 1. The van der Waals surface area contributed by atoms with E-state index in [2.05, 4.69) is 15.5 Å². The molecule has 2 fully saturated rings. The van der Waals surface area contributed by atoms with Crippen molar-refractivity contribution in [2.75, 3.05) is 0 Å². The minimum atomic E-state index is 0.103. The van der Waals surface area contributed by atoms with E-state index in [1.165, 1.54) is 12.8 Å². The molecule has 27 heavy (non-hydrogen) atoms. The summed E-state index contributed by atoms with van der Waals surface area (Å²) in [4.78, 5) is 0. The van der Waals surface area contributed by atoms with E-state index in [-0.39, 0.29) is 17.6 Å². The van der Waals surface area contributed by atoms with Crippen LogP contribution in [-0.4, -0.2) is 38.6 Å². The van der Waals surface area contributed by atoms with Crippen LogP contribution in [0.1, 0.15) is 25.7 Å². The van der Waals surface area contributed by atoms with E-state index < -0.39 is 0 Å². The summed E-state index contributed by atoms with van der Waals surface area (Å²) >= 11 is 0. The fourth-order valence-corrected chi connectivity index (χ4v) is 4.28. The smallest absolute Gasteiger partial charge is 0.233 e. The molecule has 138 valence electrons. The Morgan fingerprint density at radius 2 is 1.70 bits per heavy atom. The Hall–Kier alpha value is -2.86. The predicted molar refractivity (Wildman–Crippen MR) is 102 cm³/mol. The van der Waals surface area contributed by atoms with Gasteiger partial charge in [-0.3, -0.25) is 0 Å². The second-order valence-corrected chi connectivity index (χ2v) is 7.51. The topological polar surface area (TPSA) is 87.5 Å². The van der Waals surface area contributed by atoms with Crippen LogP contribution in [0.25, 0.3) is 22.0 Å². The molecule has 1 aromatic heterocycles. The van der Waals surface area contributed by atoms with Crippen molar-refractivity contribution in [3.8, 4) is 28.6 Å². The van der Waals surface area contributed by atoms with Gasteiger partial charge in [0, 0.05) is 23.7 Å².